The summed E-state index contributed by atoms with van der Waals surface area (Å²) in [5.74, 6) is 0.452. The summed E-state index contributed by atoms with van der Waals surface area (Å²) >= 11 is 1.46. The summed E-state index contributed by atoms with van der Waals surface area (Å²) in [6.45, 7) is 13.4. The van der Waals surface area contributed by atoms with Crippen LogP contribution in [0.2, 0.25) is 0 Å². The summed E-state index contributed by atoms with van der Waals surface area (Å²) in [6, 6.07) is 7.86. The van der Waals surface area contributed by atoms with Crippen LogP contribution in [0.5, 0.6) is 0 Å². The molecule has 0 fully saturated rings. The Hall–Kier alpha value is -2.81. The summed E-state index contributed by atoms with van der Waals surface area (Å²) in [5.41, 5.74) is 2.07. The molecular formula is C26H39N5O3S. The van der Waals surface area contributed by atoms with Gasteiger partial charge >= 0.3 is 5.97 Å². The minimum absolute atomic E-state index is 0.135. The van der Waals surface area contributed by atoms with Gasteiger partial charge in [0.2, 0.25) is 0 Å². The van der Waals surface area contributed by atoms with Crippen LogP contribution in [0.25, 0.3) is 0 Å². The van der Waals surface area contributed by atoms with Crippen LogP contribution in [0.1, 0.15) is 65.9 Å². The third-order valence-corrected chi connectivity index (χ3v) is 6.55. The number of hydrogen-bond acceptors (Lipinski definition) is 8. The van der Waals surface area contributed by atoms with Crippen molar-refractivity contribution in [2.75, 3.05) is 30.3 Å². The maximum atomic E-state index is 13.3. The highest BCUT2D eigenvalue weighted by Crippen LogP contribution is 2.34. The first kappa shape index (κ1) is 28.4. The van der Waals surface area contributed by atoms with E-state index in [1.165, 1.54) is 11.8 Å². The van der Waals surface area contributed by atoms with Gasteiger partial charge < -0.3 is 20.8 Å². The predicted molar refractivity (Wildman–Crippen MR) is 145 cm³/mol. The molecule has 1 aromatic heterocycles. The van der Waals surface area contributed by atoms with E-state index in [4.69, 9.17) is 15.1 Å². The molecule has 35 heavy (non-hydrogen) atoms. The van der Waals surface area contributed by atoms with Crippen LogP contribution in [0, 0.1) is 5.41 Å². The fourth-order valence-electron chi connectivity index (χ4n) is 3.62. The fraction of sp³-hybridized carbons (Fsp3) is 0.538. The van der Waals surface area contributed by atoms with Gasteiger partial charge in [-0.3, -0.25) is 14.2 Å². The highest BCUT2D eigenvalue weighted by Gasteiger charge is 2.30. The molecule has 192 valence electrons. The first-order valence-corrected chi connectivity index (χ1v) is 13.2. The molecule has 9 heteroatoms. The molecule has 3 N–H and O–H groups in total. The summed E-state index contributed by atoms with van der Waals surface area (Å²) in [4.78, 5) is 31.1. The molecule has 0 radical (unpaired) electrons. The lowest BCUT2D eigenvalue weighted by atomic mass is 10.1. The zero-order valence-electron chi connectivity index (χ0n) is 21.8. The Balaban J connectivity index is 2.12. The van der Waals surface area contributed by atoms with Crippen LogP contribution < -0.4 is 16.2 Å². The van der Waals surface area contributed by atoms with E-state index >= 15 is 0 Å². The zero-order chi connectivity index (χ0) is 26.0. The molecule has 1 aromatic carbocycles. The van der Waals surface area contributed by atoms with Crippen molar-refractivity contribution in [2.45, 2.75) is 77.0 Å². The Bertz CT molecular complexity index is 1060. The van der Waals surface area contributed by atoms with Gasteiger partial charge in [-0.05, 0) is 58.4 Å². The normalized spacial score (nSPS) is 11.3. The van der Waals surface area contributed by atoms with E-state index in [0.29, 0.717) is 62.0 Å². The zero-order valence-corrected chi connectivity index (χ0v) is 22.6. The van der Waals surface area contributed by atoms with Crippen molar-refractivity contribution in [1.29, 1.82) is 5.41 Å². The van der Waals surface area contributed by atoms with E-state index in [0.717, 1.165) is 17.0 Å². The minimum atomic E-state index is -0.667. The molecule has 2 aromatic rings. The molecule has 0 spiro atoms. The Kier molecular flexibility index (Phi) is 10.8. The molecule has 0 saturated carbocycles. The Labute approximate surface area is 212 Å². The molecular weight excluding hydrogens is 462 g/mol. The lowest BCUT2D eigenvalue weighted by Gasteiger charge is -2.21. The van der Waals surface area contributed by atoms with Gasteiger partial charge in [0, 0.05) is 36.6 Å². The highest BCUT2D eigenvalue weighted by molar-refractivity contribution is 8.01. The molecule has 2 rings (SSSR count). The van der Waals surface area contributed by atoms with Crippen LogP contribution in [0.3, 0.4) is 0 Å². The van der Waals surface area contributed by atoms with Gasteiger partial charge in [-0.2, -0.15) is 0 Å². The third-order valence-electron chi connectivity index (χ3n) is 5.36. The van der Waals surface area contributed by atoms with Crippen molar-refractivity contribution in [2.24, 2.45) is 0 Å². The monoisotopic (exact) mass is 501 g/mol. The molecule has 0 unspecified atom stereocenters. The lowest BCUT2D eigenvalue weighted by molar-refractivity contribution is -0.145. The average molecular weight is 502 g/mol. The maximum absolute atomic E-state index is 13.3. The molecule has 0 aliphatic heterocycles. The Morgan fingerprint density at radius 1 is 1.14 bits per heavy atom. The fourth-order valence-corrected chi connectivity index (χ4v) is 4.62. The lowest BCUT2D eigenvalue weighted by Crippen LogP contribution is -2.32. The molecule has 0 aliphatic rings. The van der Waals surface area contributed by atoms with E-state index in [1.807, 2.05) is 58.9 Å². The van der Waals surface area contributed by atoms with Gasteiger partial charge in [-0.1, -0.05) is 20.3 Å². The molecule has 0 saturated heterocycles. The van der Waals surface area contributed by atoms with Gasteiger partial charge in [0.15, 0.2) is 0 Å². The van der Waals surface area contributed by atoms with Gasteiger partial charge in [-0.25, -0.2) is 4.98 Å². The number of rotatable bonds is 14. The smallest absolute Gasteiger partial charge is 0.321 e. The predicted octanol–water partition coefficient (Wildman–Crippen LogP) is 4.95. The second-order valence-corrected chi connectivity index (χ2v) is 10.3. The number of thioether (sulfide) groups is 1. The van der Waals surface area contributed by atoms with E-state index in [2.05, 4.69) is 10.6 Å². The number of aryl methyl sites for hydroxylation is 1. The Morgan fingerprint density at radius 2 is 1.83 bits per heavy atom. The third kappa shape index (κ3) is 7.59. The van der Waals surface area contributed by atoms with Gasteiger partial charge in [0.1, 0.15) is 22.0 Å². The number of nitrogens with zero attached hydrogens (tertiary/aromatic N) is 2. The van der Waals surface area contributed by atoms with Gasteiger partial charge in [0.25, 0.3) is 5.56 Å². The number of carbonyl (C=O) groups is 1. The summed E-state index contributed by atoms with van der Waals surface area (Å²) < 4.78 is 6.19. The first-order chi connectivity index (χ1) is 16.7. The molecule has 0 bridgehead atoms. The second-order valence-electron chi connectivity index (χ2n) is 8.60. The maximum Gasteiger partial charge on any atom is 0.321 e. The topological polar surface area (TPSA) is 109 Å². The molecule has 1 heterocycles. The number of nitrogens with one attached hydrogen (secondary N) is 3. The number of carbonyl (C=O) groups excluding carboxylic acids is 1. The number of anilines is 2. The van der Waals surface area contributed by atoms with Crippen molar-refractivity contribution in [3.8, 4) is 0 Å². The molecule has 0 atom stereocenters. The van der Waals surface area contributed by atoms with Gasteiger partial charge in [0.05, 0.1) is 12.3 Å². The van der Waals surface area contributed by atoms with Crippen molar-refractivity contribution in [3.05, 3.63) is 46.1 Å². The summed E-state index contributed by atoms with van der Waals surface area (Å²) in [6.07, 6.45) is 2.03. The SMILES string of the molecule is CCCC(=N)c1nc(CC)n(CCNc2ccc(SC(C)(C)C(=O)OCC)cc2)c(=O)c1NCC. The first-order valence-electron chi connectivity index (χ1n) is 12.3. The summed E-state index contributed by atoms with van der Waals surface area (Å²) in [7, 11) is 0. The highest BCUT2D eigenvalue weighted by atomic mass is 32.2. The molecule has 8 nitrogen and oxygen atoms in total. The van der Waals surface area contributed by atoms with Crippen LogP contribution in [-0.4, -0.2) is 45.7 Å². The number of ether oxygens (including phenoxy) is 1. The average Bonchev–Trinajstić information content (AvgIpc) is 2.82. The molecule has 0 amide bonds. The van der Waals surface area contributed by atoms with E-state index < -0.39 is 4.75 Å². The standard InChI is InChI=1S/C26H39N5O3S/c1-7-11-20(27)22-23(28-9-3)24(32)31(21(8-2)30-22)17-16-29-18-12-14-19(15-13-18)35-26(5,6)25(33)34-10-4/h12-15,27-29H,7-11,16-17H2,1-6H3. The molecule has 0 aliphatic carbocycles. The van der Waals surface area contributed by atoms with E-state index in [-0.39, 0.29) is 11.5 Å². The van der Waals surface area contributed by atoms with Crippen molar-refractivity contribution in [3.63, 3.8) is 0 Å². The minimum Gasteiger partial charge on any atom is -0.465 e. The van der Waals surface area contributed by atoms with Crippen molar-refractivity contribution in [1.82, 2.24) is 9.55 Å². The van der Waals surface area contributed by atoms with Crippen LogP contribution >= 0.6 is 11.8 Å². The second kappa shape index (κ2) is 13.3. The van der Waals surface area contributed by atoms with Crippen molar-refractivity contribution >= 4 is 34.8 Å². The largest absolute Gasteiger partial charge is 0.465 e. The quantitative estimate of drug-likeness (QED) is 0.191. The number of aromatic nitrogens is 2. The number of esters is 1. The van der Waals surface area contributed by atoms with Gasteiger partial charge in [-0.15, -0.1) is 11.8 Å². The Morgan fingerprint density at radius 3 is 2.40 bits per heavy atom. The summed E-state index contributed by atoms with van der Waals surface area (Å²) in [5, 5.41) is 14.9. The van der Waals surface area contributed by atoms with Crippen LogP contribution in [0.15, 0.2) is 34.0 Å². The van der Waals surface area contributed by atoms with E-state index in [9.17, 15) is 9.59 Å². The van der Waals surface area contributed by atoms with Crippen molar-refractivity contribution < 1.29 is 9.53 Å². The van der Waals surface area contributed by atoms with E-state index in [1.54, 1.807) is 11.5 Å². The number of benzene rings is 1. The van der Waals surface area contributed by atoms with Crippen LogP contribution in [0.4, 0.5) is 11.4 Å². The number of hydrogen-bond donors (Lipinski definition) is 3. The van der Waals surface area contributed by atoms with Crippen LogP contribution in [-0.2, 0) is 22.5 Å².